The van der Waals surface area contributed by atoms with Crippen molar-refractivity contribution in [2.45, 2.75) is 71.6 Å². The van der Waals surface area contributed by atoms with Gasteiger partial charge in [-0.15, -0.1) is 0 Å². The molecule has 0 aromatic carbocycles. The minimum absolute atomic E-state index is 0.396. The van der Waals surface area contributed by atoms with Gasteiger partial charge in [0.25, 0.3) is 0 Å². The van der Waals surface area contributed by atoms with Crippen LogP contribution in [0.5, 0.6) is 0 Å². The summed E-state index contributed by atoms with van der Waals surface area (Å²) < 4.78 is 11.5. The van der Waals surface area contributed by atoms with Crippen LogP contribution >= 0.6 is 8.03 Å². The Hall–Kier alpha value is -0.0700. The monoisotopic (exact) mass is 322 g/mol. The number of hydrogen-bond donors (Lipinski definition) is 1. The highest BCUT2D eigenvalue weighted by atomic mass is 31.1. The fourth-order valence-electron chi connectivity index (χ4n) is 7.05. The summed E-state index contributed by atoms with van der Waals surface area (Å²) in [5.41, 5.74) is 1.03. The van der Waals surface area contributed by atoms with Gasteiger partial charge in [-0.3, -0.25) is 4.57 Å². The van der Waals surface area contributed by atoms with Crippen molar-refractivity contribution in [3.8, 4) is 0 Å². The van der Waals surface area contributed by atoms with Crippen molar-refractivity contribution in [3.63, 3.8) is 0 Å². The Morgan fingerprint density at radius 3 is 2.73 bits per heavy atom. The lowest BCUT2D eigenvalue weighted by molar-refractivity contribution is -0.0875. The molecule has 124 valence electrons. The summed E-state index contributed by atoms with van der Waals surface area (Å²) in [6, 6.07) is 0. The van der Waals surface area contributed by atoms with Gasteiger partial charge in [0, 0.05) is 5.31 Å². The van der Waals surface area contributed by atoms with E-state index >= 15 is 0 Å². The summed E-state index contributed by atoms with van der Waals surface area (Å²) in [6.07, 6.45) is 14.0. The molecule has 3 saturated carbocycles. The van der Waals surface area contributed by atoms with Gasteiger partial charge in [-0.1, -0.05) is 26.3 Å². The molecule has 0 saturated heterocycles. The summed E-state index contributed by atoms with van der Waals surface area (Å²) in [4.78, 5) is 9.52. The van der Waals surface area contributed by atoms with Crippen molar-refractivity contribution in [1.29, 1.82) is 0 Å². The molecule has 3 fully saturated rings. The van der Waals surface area contributed by atoms with Gasteiger partial charge in [0.05, 0.1) is 0 Å². The molecule has 3 heteroatoms. The normalized spacial score (nSPS) is 52.2. The van der Waals surface area contributed by atoms with Gasteiger partial charge in [0.2, 0.25) is 8.03 Å². The number of hydrogen-bond acceptors (Lipinski definition) is 1. The van der Waals surface area contributed by atoms with Crippen molar-refractivity contribution in [2.24, 2.45) is 34.5 Å². The molecule has 0 heterocycles. The zero-order chi connectivity index (χ0) is 15.5. The molecule has 0 spiro atoms. The first-order valence-corrected chi connectivity index (χ1v) is 10.7. The Balaban J connectivity index is 1.63. The molecular weight excluding hydrogens is 291 g/mol. The second kappa shape index (κ2) is 5.21. The van der Waals surface area contributed by atoms with Crippen molar-refractivity contribution >= 4 is 8.03 Å². The maximum atomic E-state index is 11.5. The molecule has 0 aliphatic heterocycles. The molecule has 1 N–H and O–H groups in total. The van der Waals surface area contributed by atoms with Gasteiger partial charge in [-0.05, 0) is 85.9 Å². The number of rotatable bonds is 1. The molecule has 2 unspecified atom stereocenters. The van der Waals surface area contributed by atoms with Crippen LogP contribution in [0.4, 0.5) is 0 Å². The van der Waals surface area contributed by atoms with Gasteiger partial charge in [0.15, 0.2) is 0 Å². The van der Waals surface area contributed by atoms with E-state index < -0.39 is 8.03 Å². The Morgan fingerprint density at radius 1 is 1.14 bits per heavy atom. The molecule has 0 aromatic rings. The van der Waals surface area contributed by atoms with Crippen LogP contribution in [0.3, 0.4) is 0 Å². The third kappa shape index (κ3) is 2.13. The molecule has 4 aliphatic rings. The minimum atomic E-state index is -2.45. The van der Waals surface area contributed by atoms with Gasteiger partial charge >= 0.3 is 0 Å². The standard InChI is InChI=1S/C19H31O2P/c1-18-9-3-4-16(18)15-6-5-13-12-14(22(20)21)7-11-19(13,2)17(15)8-10-18/h7,13,15-17,22H,3-6,8-12H2,1-2H3,(H,20,21)/t13?,15-,16-,17+,18-,19-/m0/s1. The van der Waals surface area contributed by atoms with Crippen LogP contribution in [-0.4, -0.2) is 4.89 Å². The predicted octanol–water partition coefficient (Wildman–Crippen LogP) is 5.38. The predicted molar refractivity (Wildman–Crippen MR) is 91.0 cm³/mol. The molecule has 22 heavy (non-hydrogen) atoms. The Bertz CT molecular complexity index is 528. The summed E-state index contributed by atoms with van der Waals surface area (Å²) in [5.74, 6) is 3.41. The third-order valence-corrected chi connectivity index (χ3v) is 9.33. The molecule has 2 nitrogen and oxygen atoms in total. The quantitative estimate of drug-likeness (QED) is 0.658. The van der Waals surface area contributed by atoms with E-state index in [2.05, 4.69) is 19.9 Å². The maximum absolute atomic E-state index is 11.5. The van der Waals surface area contributed by atoms with E-state index in [0.29, 0.717) is 16.7 Å². The zero-order valence-electron chi connectivity index (χ0n) is 14.1. The van der Waals surface area contributed by atoms with Gasteiger partial charge in [-0.25, -0.2) is 0 Å². The van der Waals surface area contributed by atoms with Crippen LogP contribution in [0, 0.1) is 34.5 Å². The molecule has 7 atom stereocenters. The van der Waals surface area contributed by atoms with Crippen LogP contribution in [0.25, 0.3) is 0 Å². The maximum Gasteiger partial charge on any atom is 0.213 e. The Kier molecular flexibility index (Phi) is 3.66. The molecule has 4 aliphatic carbocycles. The van der Waals surface area contributed by atoms with Crippen molar-refractivity contribution in [3.05, 3.63) is 11.4 Å². The average molecular weight is 322 g/mol. The van der Waals surface area contributed by atoms with E-state index in [1.165, 1.54) is 44.9 Å². The highest BCUT2D eigenvalue weighted by Crippen LogP contribution is 2.66. The van der Waals surface area contributed by atoms with E-state index in [9.17, 15) is 9.46 Å². The summed E-state index contributed by atoms with van der Waals surface area (Å²) >= 11 is 0. The fourth-order valence-corrected chi connectivity index (χ4v) is 7.75. The first-order valence-electron chi connectivity index (χ1n) is 9.36. The topological polar surface area (TPSA) is 37.3 Å². The average Bonchev–Trinajstić information content (AvgIpc) is 2.88. The molecule has 4 rings (SSSR count). The van der Waals surface area contributed by atoms with Crippen LogP contribution in [0.1, 0.15) is 71.6 Å². The summed E-state index contributed by atoms with van der Waals surface area (Å²) in [5, 5.41) is 0.868. The lowest BCUT2D eigenvalue weighted by atomic mass is 9.46. The molecule has 0 radical (unpaired) electrons. The van der Waals surface area contributed by atoms with E-state index in [1.807, 2.05) is 0 Å². The molecule has 0 amide bonds. The van der Waals surface area contributed by atoms with Crippen LogP contribution < -0.4 is 0 Å². The van der Waals surface area contributed by atoms with Crippen molar-refractivity contribution in [1.82, 2.24) is 0 Å². The summed E-state index contributed by atoms with van der Waals surface area (Å²) in [6.45, 7) is 5.07. The Labute approximate surface area is 135 Å². The lowest BCUT2D eigenvalue weighted by Gasteiger charge is -2.59. The van der Waals surface area contributed by atoms with Crippen molar-refractivity contribution in [2.75, 3.05) is 0 Å². The zero-order valence-corrected chi connectivity index (χ0v) is 15.1. The minimum Gasteiger partial charge on any atom is -0.343 e. The fraction of sp³-hybridized carbons (Fsp3) is 0.895. The van der Waals surface area contributed by atoms with E-state index in [0.717, 1.165) is 35.9 Å². The second-order valence-electron chi connectivity index (χ2n) is 9.18. The Morgan fingerprint density at radius 2 is 1.95 bits per heavy atom. The van der Waals surface area contributed by atoms with Gasteiger partial charge in [0.1, 0.15) is 0 Å². The van der Waals surface area contributed by atoms with Crippen LogP contribution in [0.2, 0.25) is 0 Å². The number of fused-ring (bicyclic) bond motifs is 5. The lowest BCUT2D eigenvalue weighted by Crippen LogP contribution is -2.51. The van der Waals surface area contributed by atoms with Crippen LogP contribution in [0.15, 0.2) is 11.4 Å². The van der Waals surface area contributed by atoms with E-state index in [1.54, 1.807) is 0 Å². The molecule has 0 bridgehead atoms. The van der Waals surface area contributed by atoms with Gasteiger partial charge < -0.3 is 4.89 Å². The van der Waals surface area contributed by atoms with Gasteiger partial charge in [-0.2, -0.15) is 0 Å². The SMILES string of the molecule is C[C@@]12CCC[C@H]1[C@@H]1CCC3CC([PH](=O)O)=CC[C@]3(C)[C@@H]1CC2. The van der Waals surface area contributed by atoms with Crippen LogP contribution in [-0.2, 0) is 4.57 Å². The molecule has 0 aromatic heterocycles. The van der Waals surface area contributed by atoms with E-state index in [-0.39, 0.29) is 0 Å². The second-order valence-corrected chi connectivity index (χ2v) is 10.4. The third-order valence-electron chi connectivity index (χ3n) is 8.38. The largest absolute Gasteiger partial charge is 0.343 e. The van der Waals surface area contributed by atoms with Crippen molar-refractivity contribution < 1.29 is 9.46 Å². The molecular formula is C19H31O2P. The first-order chi connectivity index (χ1) is 10.4. The first kappa shape index (κ1) is 15.5. The summed E-state index contributed by atoms with van der Waals surface area (Å²) in [7, 11) is -2.45. The highest BCUT2D eigenvalue weighted by Gasteiger charge is 2.57. The number of allylic oxidation sites excluding steroid dienone is 2. The van der Waals surface area contributed by atoms with E-state index in [4.69, 9.17) is 0 Å². The highest BCUT2D eigenvalue weighted by molar-refractivity contribution is 7.43. The smallest absolute Gasteiger partial charge is 0.213 e.